The van der Waals surface area contributed by atoms with Crippen LogP contribution in [0.25, 0.3) is 0 Å². The van der Waals surface area contributed by atoms with Gasteiger partial charge in [0.05, 0.1) is 4.92 Å². The molecule has 0 fully saturated rings. The number of carbonyl (C=O) groups is 1. The molecule has 6 heteroatoms. The monoisotopic (exact) mass is 196 g/mol. The highest BCUT2D eigenvalue weighted by Crippen LogP contribution is 2.28. The maximum atomic E-state index is 10.6. The van der Waals surface area contributed by atoms with E-state index in [-0.39, 0.29) is 11.6 Å². The third-order valence-corrected chi connectivity index (χ3v) is 1.49. The minimum Gasteiger partial charge on any atom is -0.502 e. The van der Waals surface area contributed by atoms with Gasteiger partial charge in [-0.15, -0.1) is 0 Å². The molecule has 1 amide bonds. The topological polar surface area (TPSA) is 92.5 Å². The van der Waals surface area contributed by atoms with E-state index in [4.69, 9.17) is 0 Å². The Labute approximate surface area is 79.3 Å². The summed E-state index contributed by atoms with van der Waals surface area (Å²) in [5.41, 5.74) is -0.0697. The van der Waals surface area contributed by atoms with Crippen LogP contribution in [0, 0.1) is 10.1 Å². The first kappa shape index (κ1) is 9.97. The normalized spacial score (nSPS) is 9.50. The Bertz CT molecular complexity index is 389. The Morgan fingerprint density at radius 3 is 2.64 bits per heavy atom. The van der Waals surface area contributed by atoms with Gasteiger partial charge in [-0.05, 0) is 6.07 Å². The van der Waals surface area contributed by atoms with Crippen molar-refractivity contribution in [2.45, 2.75) is 6.92 Å². The van der Waals surface area contributed by atoms with E-state index in [0.717, 1.165) is 12.1 Å². The van der Waals surface area contributed by atoms with E-state index in [2.05, 4.69) is 5.32 Å². The quantitative estimate of drug-likeness (QED) is 0.550. The van der Waals surface area contributed by atoms with Crippen LogP contribution in [0.5, 0.6) is 5.75 Å². The molecule has 0 bridgehead atoms. The van der Waals surface area contributed by atoms with E-state index in [0.29, 0.717) is 5.69 Å². The van der Waals surface area contributed by atoms with Gasteiger partial charge < -0.3 is 10.4 Å². The third-order valence-electron chi connectivity index (χ3n) is 1.49. The van der Waals surface area contributed by atoms with Gasteiger partial charge in [0.25, 0.3) is 0 Å². The van der Waals surface area contributed by atoms with Crippen LogP contribution < -0.4 is 5.32 Å². The van der Waals surface area contributed by atoms with Gasteiger partial charge in [-0.2, -0.15) is 0 Å². The van der Waals surface area contributed by atoms with Crippen molar-refractivity contribution in [1.82, 2.24) is 0 Å². The smallest absolute Gasteiger partial charge is 0.310 e. The third kappa shape index (κ3) is 2.19. The van der Waals surface area contributed by atoms with E-state index in [1.807, 2.05) is 0 Å². The summed E-state index contributed by atoms with van der Waals surface area (Å²) in [5.74, 6) is -0.778. The molecule has 0 saturated carbocycles. The number of benzene rings is 1. The average molecular weight is 196 g/mol. The zero-order valence-electron chi connectivity index (χ0n) is 7.35. The van der Waals surface area contributed by atoms with Crippen LogP contribution in [0.3, 0.4) is 0 Å². The number of hydrogen-bond acceptors (Lipinski definition) is 4. The van der Waals surface area contributed by atoms with Crippen LogP contribution in [0.15, 0.2) is 18.2 Å². The van der Waals surface area contributed by atoms with E-state index >= 15 is 0 Å². The lowest BCUT2D eigenvalue weighted by atomic mass is 10.2. The Hall–Kier alpha value is -2.11. The Kier molecular flexibility index (Phi) is 2.66. The zero-order chi connectivity index (χ0) is 10.7. The van der Waals surface area contributed by atoms with Crippen LogP contribution in [0.4, 0.5) is 11.4 Å². The lowest BCUT2D eigenvalue weighted by molar-refractivity contribution is -0.385. The molecule has 0 atom stereocenters. The van der Waals surface area contributed by atoms with E-state index in [1.54, 1.807) is 0 Å². The molecule has 6 nitrogen and oxygen atoms in total. The minimum absolute atomic E-state index is 0.307. The first-order chi connectivity index (χ1) is 6.50. The van der Waals surface area contributed by atoms with Crippen molar-refractivity contribution in [3.8, 4) is 5.75 Å². The second-order valence-electron chi connectivity index (χ2n) is 2.64. The van der Waals surface area contributed by atoms with Crippen molar-refractivity contribution in [2.75, 3.05) is 5.32 Å². The minimum atomic E-state index is -0.702. The molecule has 0 aromatic heterocycles. The maximum Gasteiger partial charge on any atom is 0.310 e. The van der Waals surface area contributed by atoms with Gasteiger partial charge in [0, 0.05) is 24.7 Å². The zero-order valence-corrected chi connectivity index (χ0v) is 7.35. The summed E-state index contributed by atoms with van der Waals surface area (Å²) in [5, 5.41) is 21.9. The molecule has 0 heterocycles. The summed E-state index contributed by atoms with van der Waals surface area (Å²) >= 11 is 0. The number of rotatable bonds is 2. The Morgan fingerprint density at radius 2 is 2.21 bits per heavy atom. The van der Waals surface area contributed by atoms with E-state index < -0.39 is 10.7 Å². The molecule has 2 N–H and O–H groups in total. The number of amides is 1. The molecule has 1 aromatic carbocycles. The standard InChI is InChI=1S/C8H8N2O4/c1-5(11)9-6-2-3-7(10(13)14)8(12)4-6/h2-4,12H,1H3,(H,9,11). The number of nitrogens with zero attached hydrogens (tertiary/aromatic N) is 1. The van der Waals surface area contributed by atoms with Gasteiger partial charge >= 0.3 is 5.69 Å². The summed E-state index contributed by atoms with van der Waals surface area (Å²) < 4.78 is 0. The number of nitro benzene ring substituents is 1. The summed E-state index contributed by atoms with van der Waals surface area (Å²) in [6.45, 7) is 1.30. The fourth-order valence-electron chi connectivity index (χ4n) is 0.959. The van der Waals surface area contributed by atoms with Crippen LogP contribution >= 0.6 is 0 Å². The van der Waals surface area contributed by atoms with Crippen molar-refractivity contribution in [3.63, 3.8) is 0 Å². The van der Waals surface area contributed by atoms with Crippen molar-refractivity contribution in [2.24, 2.45) is 0 Å². The van der Waals surface area contributed by atoms with Gasteiger partial charge in [0.15, 0.2) is 5.75 Å². The van der Waals surface area contributed by atoms with Crippen molar-refractivity contribution in [3.05, 3.63) is 28.3 Å². The van der Waals surface area contributed by atoms with Crippen LogP contribution in [0.1, 0.15) is 6.92 Å². The van der Waals surface area contributed by atoms with E-state index in [1.165, 1.54) is 13.0 Å². The predicted octanol–water partition coefficient (Wildman–Crippen LogP) is 1.26. The number of aromatic hydroxyl groups is 1. The average Bonchev–Trinajstić information content (AvgIpc) is 2.01. The van der Waals surface area contributed by atoms with Crippen LogP contribution in [0.2, 0.25) is 0 Å². The highest BCUT2D eigenvalue weighted by atomic mass is 16.6. The second kappa shape index (κ2) is 3.73. The van der Waals surface area contributed by atoms with Crippen molar-refractivity contribution >= 4 is 17.3 Å². The summed E-state index contributed by atoms with van der Waals surface area (Å²) in [6.07, 6.45) is 0. The van der Waals surface area contributed by atoms with Crippen molar-refractivity contribution in [1.29, 1.82) is 0 Å². The first-order valence-electron chi connectivity index (χ1n) is 3.75. The number of nitrogens with one attached hydrogen (secondary N) is 1. The summed E-state index contributed by atoms with van der Waals surface area (Å²) in [7, 11) is 0. The second-order valence-corrected chi connectivity index (χ2v) is 2.64. The van der Waals surface area contributed by atoms with Crippen LogP contribution in [-0.4, -0.2) is 15.9 Å². The number of phenolic OH excluding ortho intramolecular Hbond substituents is 1. The molecule has 0 unspecified atom stereocenters. The molecule has 0 aliphatic carbocycles. The molecular formula is C8H8N2O4. The van der Waals surface area contributed by atoms with E-state index in [9.17, 15) is 20.0 Å². The molecule has 14 heavy (non-hydrogen) atoms. The number of phenols is 1. The fraction of sp³-hybridized carbons (Fsp3) is 0.125. The maximum absolute atomic E-state index is 10.6. The largest absolute Gasteiger partial charge is 0.502 e. The van der Waals surface area contributed by atoms with Gasteiger partial charge in [0.1, 0.15) is 0 Å². The molecule has 74 valence electrons. The SMILES string of the molecule is CC(=O)Nc1ccc([N+](=O)[O-])c(O)c1. The summed E-state index contributed by atoms with van der Waals surface area (Å²) in [6, 6.07) is 3.60. The van der Waals surface area contributed by atoms with Gasteiger partial charge in [-0.1, -0.05) is 0 Å². The molecule has 0 spiro atoms. The highest BCUT2D eigenvalue weighted by molar-refractivity contribution is 5.89. The Balaban J connectivity index is 3.00. The molecule has 0 aliphatic rings. The fourth-order valence-corrected chi connectivity index (χ4v) is 0.959. The predicted molar refractivity (Wildman–Crippen MR) is 49.1 cm³/mol. The number of anilines is 1. The van der Waals surface area contributed by atoms with Gasteiger partial charge in [-0.25, -0.2) is 0 Å². The summed E-state index contributed by atoms with van der Waals surface area (Å²) in [4.78, 5) is 20.2. The lowest BCUT2D eigenvalue weighted by Gasteiger charge is -2.02. The van der Waals surface area contributed by atoms with Gasteiger partial charge in [0.2, 0.25) is 5.91 Å². The van der Waals surface area contributed by atoms with Gasteiger partial charge in [-0.3, -0.25) is 14.9 Å². The number of nitro groups is 1. The molecule has 1 aromatic rings. The molecule has 0 radical (unpaired) electrons. The lowest BCUT2D eigenvalue weighted by Crippen LogP contribution is -2.05. The number of hydrogen-bond donors (Lipinski definition) is 2. The molecule has 0 saturated heterocycles. The number of carbonyl (C=O) groups excluding carboxylic acids is 1. The van der Waals surface area contributed by atoms with Crippen molar-refractivity contribution < 1.29 is 14.8 Å². The molecular weight excluding hydrogens is 188 g/mol. The van der Waals surface area contributed by atoms with Crippen LogP contribution in [-0.2, 0) is 4.79 Å². The Morgan fingerprint density at radius 1 is 1.57 bits per heavy atom. The molecule has 1 rings (SSSR count). The first-order valence-corrected chi connectivity index (χ1v) is 3.75. The highest BCUT2D eigenvalue weighted by Gasteiger charge is 2.12. The molecule has 0 aliphatic heterocycles.